The monoisotopic (exact) mass is 435 g/mol. The average molecular weight is 436 g/mol. The number of piperidine rings is 1. The Morgan fingerprint density at radius 2 is 1.90 bits per heavy atom. The van der Waals surface area contributed by atoms with Gasteiger partial charge in [-0.05, 0) is 48.6 Å². The molecule has 0 saturated carbocycles. The van der Waals surface area contributed by atoms with Crippen molar-refractivity contribution >= 4 is 44.2 Å². The van der Waals surface area contributed by atoms with Crippen LogP contribution in [0.25, 0.3) is 10.2 Å². The van der Waals surface area contributed by atoms with Gasteiger partial charge in [-0.25, -0.2) is 4.98 Å². The first kappa shape index (κ1) is 21.5. The first-order valence-electron chi connectivity index (χ1n) is 11.0. The van der Waals surface area contributed by atoms with Crippen LogP contribution in [0.1, 0.15) is 51.5 Å². The molecule has 3 aromatic rings. The van der Waals surface area contributed by atoms with Crippen molar-refractivity contribution in [1.29, 1.82) is 0 Å². The Labute approximate surface area is 187 Å². The van der Waals surface area contributed by atoms with Gasteiger partial charge in [-0.3, -0.25) is 14.5 Å². The summed E-state index contributed by atoms with van der Waals surface area (Å²) < 4.78 is 1.06. The molecule has 0 aliphatic carbocycles. The Morgan fingerprint density at radius 3 is 2.58 bits per heavy atom. The van der Waals surface area contributed by atoms with Gasteiger partial charge >= 0.3 is 0 Å². The van der Waals surface area contributed by atoms with E-state index in [9.17, 15) is 9.59 Å². The minimum Gasteiger partial charge on any atom is -0.342 e. The maximum atomic E-state index is 13.8. The minimum absolute atomic E-state index is 0.0185. The standard InChI is InChI=1S/C25H29N3O2S/c1-4-23(29)27-15-7-8-19(16-27)24(30)28(20-13-11-18(12-14-20)17(2)3)25-26-21-9-5-6-10-22(21)31-25/h5-6,9-14,17,19H,4,7-8,15-16H2,1-3H3. The van der Waals surface area contributed by atoms with E-state index in [4.69, 9.17) is 4.98 Å². The lowest BCUT2D eigenvalue weighted by molar-refractivity contribution is -0.134. The zero-order valence-electron chi connectivity index (χ0n) is 18.4. The number of amides is 2. The summed E-state index contributed by atoms with van der Waals surface area (Å²) >= 11 is 1.53. The Kier molecular flexibility index (Phi) is 6.37. The molecule has 5 nitrogen and oxygen atoms in total. The summed E-state index contributed by atoms with van der Waals surface area (Å²) in [5.74, 6) is 0.337. The van der Waals surface area contributed by atoms with Crippen molar-refractivity contribution in [2.75, 3.05) is 18.0 Å². The Hall–Kier alpha value is -2.73. The molecule has 2 amide bonds. The van der Waals surface area contributed by atoms with Crippen LogP contribution in [0.5, 0.6) is 0 Å². The summed E-state index contributed by atoms with van der Waals surface area (Å²) in [5.41, 5.74) is 2.95. The molecule has 4 rings (SSSR count). The van der Waals surface area contributed by atoms with E-state index in [2.05, 4.69) is 26.0 Å². The molecule has 1 saturated heterocycles. The van der Waals surface area contributed by atoms with Crippen molar-refractivity contribution in [3.05, 3.63) is 54.1 Å². The molecule has 1 aliphatic rings. The number of aromatic nitrogens is 1. The first-order chi connectivity index (χ1) is 15.0. The average Bonchev–Trinajstić information content (AvgIpc) is 3.22. The molecular weight excluding hydrogens is 406 g/mol. The van der Waals surface area contributed by atoms with E-state index in [1.807, 2.05) is 48.2 Å². The third kappa shape index (κ3) is 4.49. The van der Waals surface area contributed by atoms with Crippen molar-refractivity contribution in [3.63, 3.8) is 0 Å². The Morgan fingerprint density at radius 1 is 1.16 bits per heavy atom. The van der Waals surface area contributed by atoms with Crippen molar-refractivity contribution in [1.82, 2.24) is 9.88 Å². The van der Waals surface area contributed by atoms with E-state index in [0.717, 1.165) is 35.3 Å². The summed E-state index contributed by atoms with van der Waals surface area (Å²) in [5, 5.41) is 0.683. The van der Waals surface area contributed by atoms with E-state index >= 15 is 0 Å². The molecule has 2 heterocycles. The third-order valence-electron chi connectivity index (χ3n) is 5.94. The van der Waals surface area contributed by atoms with Crippen LogP contribution in [0.3, 0.4) is 0 Å². The highest BCUT2D eigenvalue weighted by Gasteiger charge is 2.33. The quantitative estimate of drug-likeness (QED) is 0.514. The van der Waals surface area contributed by atoms with Gasteiger partial charge in [-0.15, -0.1) is 0 Å². The number of fused-ring (bicyclic) bond motifs is 1. The number of carbonyl (C=O) groups excluding carboxylic acids is 2. The van der Waals surface area contributed by atoms with Crippen LogP contribution in [0, 0.1) is 5.92 Å². The second-order valence-electron chi connectivity index (χ2n) is 8.42. The molecule has 1 aromatic heterocycles. The first-order valence-corrected chi connectivity index (χ1v) is 11.9. The number of nitrogens with zero attached hydrogens (tertiary/aromatic N) is 3. The second-order valence-corrected chi connectivity index (χ2v) is 9.43. The van der Waals surface area contributed by atoms with Gasteiger partial charge in [-0.1, -0.05) is 56.4 Å². The molecule has 1 unspecified atom stereocenters. The van der Waals surface area contributed by atoms with Crippen molar-refractivity contribution in [2.45, 2.75) is 46.0 Å². The van der Waals surface area contributed by atoms with E-state index in [-0.39, 0.29) is 17.7 Å². The summed E-state index contributed by atoms with van der Waals surface area (Å²) in [6, 6.07) is 16.1. The zero-order chi connectivity index (χ0) is 22.0. The van der Waals surface area contributed by atoms with E-state index in [1.54, 1.807) is 4.90 Å². The highest BCUT2D eigenvalue weighted by Crippen LogP contribution is 2.36. The van der Waals surface area contributed by atoms with E-state index in [1.165, 1.54) is 16.9 Å². The lowest BCUT2D eigenvalue weighted by Crippen LogP contribution is -2.45. The number of benzene rings is 2. The highest BCUT2D eigenvalue weighted by molar-refractivity contribution is 7.22. The number of carbonyl (C=O) groups is 2. The molecular formula is C25H29N3O2S. The SMILES string of the molecule is CCC(=O)N1CCCC(C(=O)N(c2ccc(C(C)C)cc2)c2nc3ccccc3s2)C1. The van der Waals surface area contributed by atoms with Crippen LogP contribution < -0.4 is 4.90 Å². The molecule has 6 heteroatoms. The Balaban J connectivity index is 1.71. The molecule has 2 aromatic carbocycles. The smallest absolute Gasteiger partial charge is 0.238 e. The summed E-state index contributed by atoms with van der Waals surface area (Å²) in [6.07, 6.45) is 2.11. The summed E-state index contributed by atoms with van der Waals surface area (Å²) in [4.78, 5) is 34.4. The lowest BCUT2D eigenvalue weighted by Gasteiger charge is -2.34. The van der Waals surface area contributed by atoms with Gasteiger partial charge in [0.2, 0.25) is 11.8 Å². The van der Waals surface area contributed by atoms with Crippen molar-refractivity contribution < 1.29 is 9.59 Å². The molecule has 1 fully saturated rings. The third-order valence-corrected chi connectivity index (χ3v) is 6.96. The number of thiazole rings is 1. The highest BCUT2D eigenvalue weighted by atomic mass is 32.1. The topological polar surface area (TPSA) is 53.5 Å². The van der Waals surface area contributed by atoms with Crippen LogP contribution in [0.15, 0.2) is 48.5 Å². The second kappa shape index (κ2) is 9.18. The number of para-hydroxylation sites is 1. The molecule has 162 valence electrons. The molecule has 1 aliphatic heterocycles. The fourth-order valence-corrected chi connectivity index (χ4v) is 5.10. The number of rotatable bonds is 5. The Bertz CT molecular complexity index is 1040. The van der Waals surface area contributed by atoms with Gasteiger partial charge in [0.25, 0.3) is 0 Å². The number of likely N-dealkylation sites (tertiary alicyclic amines) is 1. The van der Waals surface area contributed by atoms with Gasteiger partial charge in [-0.2, -0.15) is 0 Å². The van der Waals surface area contributed by atoms with E-state index in [0.29, 0.717) is 24.0 Å². The summed E-state index contributed by atoms with van der Waals surface area (Å²) in [6.45, 7) is 7.41. The van der Waals surface area contributed by atoms with Crippen LogP contribution in [0.2, 0.25) is 0 Å². The van der Waals surface area contributed by atoms with Gasteiger partial charge in [0, 0.05) is 19.5 Å². The normalized spacial score (nSPS) is 16.6. The maximum absolute atomic E-state index is 13.8. The fourth-order valence-electron chi connectivity index (χ4n) is 4.11. The number of hydrogen-bond acceptors (Lipinski definition) is 4. The van der Waals surface area contributed by atoms with Gasteiger partial charge in [0.15, 0.2) is 5.13 Å². The molecule has 1 atom stereocenters. The van der Waals surface area contributed by atoms with Crippen LogP contribution >= 0.6 is 11.3 Å². The van der Waals surface area contributed by atoms with Crippen molar-refractivity contribution in [2.24, 2.45) is 5.92 Å². The molecule has 0 bridgehead atoms. The van der Waals surface area contributed by atoms with Gasteiger partial charge < -0.3 is 4.90 Å². The van der Waals surface area contributed by atoms with Gasteiger partial charge in [0.1, 0.15) is 0 Å². The predicted octanol–water partition coefficient (Wildman–Crippen LogP) is 5.73. The van der Waals surface area contributed by atoms with Crippen LogP contribution in [0.4, 0.5) is 10.8 Å². The maximum Gasteiger partial charge on any atom is 0.238 e. The summed E-state index contributed by atoms with van der Waals surface area (Å²) in [7, 11) is 0. The largest absolute Gasteiger partial charge is 0.342 e. The van der Waals surface area contributed by atoms with Crippen LogP contribution in [-0.2, 0) is 9.59 Å². The molecule has 0 radical (unpaired) electrons. The minimum atomic E-state index is -0.221. The molecule has 31 heavy (non-hydrogen) atoms. The van der Waals surface area contributed by atoms with Crippen molar-refractivity contribution in [3.8, 4) is 0 Å². The number of anilines is 2. The van der Waals surface area contributed by atoms with E-state index < -0.39 is 0 Å². The lowest BCUT2D eigenvalue weighted by atomic mass is 9.96. The molecule has 0 spiro atoms. The fraction of sp³-hybridized carbons (Fsp3) is 0.400. The molecule has 0 N–H and O–H groups in total. The predicted molar refractivity (Wildman–Crippen MR) is 127 cm³/mol. The van der Waals surface area contributed by atoms with Crippen LogP contribution in [-0.4, -0.2) is 34.8 Å². The zero-order valence-corrected chi connectivity index (χ0v) is 19.2. The van der Waals surface area contributed by atoms with Gasteiger partial charge in [0.05, 0.1) is 21.8 Å². The number of hydrogen-bond donors (Lipinski definition) is 0.